The second kappa shape index (κ2) is 7.98. The number of hydrogen-bond acceptors (Lipinski definition) is 8. The Labute approximate surface area is 188 Å². The van der Waals surface area contributed by atoms with Crippen molar-refractivity contribution >= 4 is 29.3 Å². The molecule has 2 heterocycles. The zero-order valence-corrected chi connectivity index (χ0v) is 17.8. The number of carboxylic acids is 1. The van der Waals surface area contributed by atoms with E-state index in [1.54, 1.807) is 6.07 Å². The molecule has 0 saturated carbocycles. The number of imide groups is 1. The van der Waals surface area contributed by atoms with E-state index >= 15 is 0 Å². The van der Waals surface area contributed by atoms with Crippen LogP contribution in [0.2, 0.25) is 0 Å². The lowest BCUT2D eigenvalue weighted by Gasteiger charge is -2.29. The van der Waals surface area contributed by atoms with Crippen LogP contribution in [0.1, 0.15) is 28.9 Å². The Morgan fingerprint density at radius 2 is 1.79 bits per heavy atom. The van der Waals surface area contributed by atoms with Crippen molar-refractivity contribution < 1.29 is 39.2 Å². The Bertz CT molecular complexity index is 1160. The van der Waals surface area contributed by atoms with Crippen LogP contribution < -0.4 is 15.0 Å². The number of carbonyl (C=O) groups is 4. The highest BCUT2D eigenvalue weighted by Gasteiger charge is 2.69. The van der Waals surface area contributed by atoms with Gasteiger partial charge in [-0.1, -0.05) is 12.1 Å². The Morgan fingerprint density at radius 3 is 2.33 bits per heavy atom. The van der Waals surface area contributed by atoms with Crippen LogP contribution in [-0.2, 0) is 14.4 Å². The fraction of sp³-hybridized carbons (Fsp3) is 0.304. The van der Waals surface area contributed by atoms with Gasteiger partial charge in [0.25, 0.3) is 0 Å². The van der Waals surface area contributed by atoms with Crippen molar-refractivity contribution in [2.24, 2.45) is 11.8 Å². The Morgan fingerprint density at radius 1 is 1.12 bits per heavy atom. The first kappa shape index (κ1) is 22.4. The van der Waals surface area contributed by atoms with Gasteiger partial charge in [-0.2, -0.15) is 0 Å². The van der Waals surface area contributed by atoms with Crippen LogP contribution in [-0.4, -0.2) is 58.1 Å². The standard InChI is InChI=1S/C23H22N2O8/c1-11(27)12-6-8-13(9-7-12)25-20(29)16-17(21(25)30)23(10-26,22(31)32)24-18(16)14-4-3-5-15(33-2)19(14)28/h3-9,16-18,24,26,28H,10H2,1-2H3,(H,31,32). The number of nitrogens with one attached hydrogen (secondary N) is 1. The van der Waals surface area contributed by atoms with E-state index in [1.165, 1.54) is 50.4 Å². The third kappa shape index (κ3) is 3.18. The summed E-state index contributed by atoms with van der Waals surface area (Å²) in [5, 5.41) is 33.4. The molecule has 4 N–H and O–H groups in total. The van der Waals surface area contributed by atoms with Crippen LogP contribution in [0.4, 0.5) is 5.69 Å². The van der Waals surface area contributed by atoms with Gasteiger partial charge in [0.15, 0.2) is 22.8 Å². The molecule has 172 valence electrons. The molecule has 4 rings (SSSR count). The highest BCUT2D eigenvalue weighted by atomic mass is 16.5. The number of carboxylic acid groups (broad SMARTS) is 1. The summed E-state index contributed by atoms with van der Waals surface area (Å²) in [6.45, 7) is 0.422. The van der Waals surface area contributed by atoms with Gasteiger partial charge in [-0.25, -0.2) is 4.90 Å². The molecular formula is C23H22N2O8. The lowest BCUT2D eigenvalue weighted by Crippen LogP contribution is -2.58. The third-order valence-electron chi connectivity index (χ3n) is 6.40. The molecule has 0 bridgehead atoms. The first-order chi connectivity index (χ1) is 15.7. The number of aliphatic hydroxyl groups excluding tert-OH is 1. The predicted molar refractivity (Wildman–Crippen MR) is 114 cm³/mol. The topological polar surface area (TPSA) is 153 Å². The first-order valence-electron chi connectivity index (χ1n) is 10.1. The SMILES string of the molecule is COc1cccc(C2NC(CO)(C(=O)O)C3C(=O)N(c4ccc(C(C)=O)cc4)C(=O)C23)c1O. The molecule has 0 aliphatic carbocycles. The maximum atomic E-state index is 13.5. The number of fused-ring (bicyclic) bond motifs is 1. The molecule has 2 aliphatic heterocycles. The number of aliphatic hydroxyl groups is 1. The second-order valence-corrected chi connectivity index (χ2v) is 8.07. The van der Waals surface area contributed by atoms with E-state index in [0.29, 0.717) is 5.56 Å². The van der Waals surface area contributed by atoms with Crippen LogP contribution in [0.5, 0.6) is 11.5 Å². The normalized spacial score (nSPS) is 26.4. The molecule has 2 aromatic carbocycles. The van der Waals surface area contributed by atoms with Crippen molar-refractivity contribution in [3.8, 4) is 11.5 Å². The quantitative estimate of drug-likeness (QED) is 0.368. The number of ether oxygens (including phenoxy) is 1. The Balaban J connectivity index is 1.85. The van der Waals surface area contributed by atoms with E-state index in [0.717, 1.165) is 4.90 Å². The number of benzene rings is 2. The molecule has 0 aromatic heterocycles. The molecule has 33 heavy (non-hydrogen) atoms. The van der Waals surface area contributed by atoms with E-state index in [2.05, 4.69) is 5.32 Å². The minimum absolute atomic E-state index is 0.108. The van der Waals surface area contributed by atoms with Gasteiger partial charge in [-0.3, -0.25) is 24.5 Å². The number of phenols is 1. The molecule has 2 aliphatic rings. The Kier molecular flexibility index (Phi) is 5.43. The number of para-hydroxylation sites is 1. The number of carbonyl (C=O) groups excluding carboxylic acids is 3. The number of amides is 2. The van der Waals surface area contributed by atoms with Gasteiger partial charge in [0.1, 0.15) is 0 Å². The number of aromatic hydroxyl groups is 1. The number of hydrogen-bond donors (Lipinski definition) is 4. The van der Waals surface area contributed by atoms with Crippen molar-refractivity contribution in [1.82, 2.24) is 5.32 Å². The van der Waals surface area contributed by atoms with Crippen LogP contribution in [0.25, 0.3) is 0 Å². The van der Waals surface area contributed by atoms with Gasteiger partial charge >= 0.3 is 5.97 Å². The molecule has 4 unspecified atom stereocenters. The van der Waals surface area contributed by atoms with Crippen molar-refractivity contribution in [2.75, 3.05) is 18.6 Å². The molecule has 2 amide bonds. The van der Waals surface area contributed by atoms with Crippen LogP contribution in [0, 0.1) is 11.8 Å². The molecule has 10 nitrogen and oxygen atoms in total. The molecule has 4 atom stereocenters. The number of nitrogens with zero attached hydrogens (tertiary/aromatic N) is 1. The van der Waals surface area contributed by atoms with Gasteiger partial charge in [0.05, 0.1) is 31.2 Å². The summed E-state index contributed by atoms with van der Waals surface area (Å²) in [4.78, 5) is 51.6. The summed E-state index contributed by atoms with van der Waals surface area (Å²) in [6.07, 6.45) is 0. The minimum Gasteiger partial charge on any atom is -0.504 e. The van der Waals surface area contributed by atoms with Gasteiger partial charge in [0, 0.05) is 17.2 Å². The molecule has 0 spiro atoms. The van der Waals surface area contributed by atoms with Gasteiger partial charge in [-0.05, 0) is 37.3 Å². The fourth-order valence-corrected chi connectivity index (χ4v) is 4.73. The number of aliphatic carboxylic acids is 1. The molecule has 2 aromatic rings. The van der Waals surface area contributed by atoms with E-state index in [1.807, 2.05) is 0 Å². The van der Waals surface area contributed by atoms with Crippen LogP contribution >= 0.6 is 0 Å². The van der Waals surface area contributed by atoms with Crippen LogP contribution in [0.3, 0.4) is 0 Å². The van der Waals surface area contributed by atoms with Crippen LogP contribution in [0.15, 0.2) is 42.5 Å². The summed E-state index contributed by atoms with van der Waals surface area (Å²) >= 11 is 0. The highest BCUT2D eigenvalue weighted by molar-refractivity contribution is 6.24. The predicted octanol–water partition coefficient (Wildman–Crippen LogP) is 0.869. The van der Waals surface area contributed by atoms with E-state index in [-0.39, 0.29) is 28.5 Å². The van der Waals surface area contributed by atoms with Crippen molar-refractivity contribution in [2.45, 2.75) is 18.5 Å². The minimum atomic E-state index is -2.15. The zero-order valence-electron chi connectivity index (χ0n) is 17.8. The first-order valence-corrected chi connectivity index (χ1v) is 10.1. The summed E-state index contributed by atoms with van der Waals surface area (Å²) in [5.41, 5.74) is -1.42. The molecular weight excluding hydrogens is 432 g/mol. The smallest absolute Gasteiger partial charge is 0.327 e. The monoisotopic (exact) mass is 454 g/mol. The highest BCUT2D eigenvalue weighted by Crippen LogP contribution is 2.52. The fourth-order valence-electron chi connectivity index (χ4n) is 4.73. The maximum Gasteiger partial charge on any atom is 0.327 e. The van der Waals surface area contributed by atoms with Gasteiger partial charge in [0.2, 0.25) is 11.8 Å². The van der Waals surface area contributed by atoms with Gasteiger partial charge < -0.3 is 20.1 Å². The van der Waals surface area contributed by atoms with E-state index in [4.69, 9.17) is 4.74 Å². The largest absolute Gasteiger partial charge is 0.504 e. The molecule has 0 radical (unpaired) electrons. The van der Waals surface area contributed by atoms with E-state index < -0.39 is 47.8 Å². The summed E-state index contributed by atoms with van der Waals surface area (Å²) in [5.74, 6) is -6.02. The van der Waals surface area contributed by atoms with Crippen molar-refractivity contribution in [3.05, 3.63) is 53.6 Å². The average Bonchev–Trinajstić information content (AvgIpc) is 3.28. The molecule has 10 heteroatoms. The Hall–Kier alpha value is -3.76. The van der Waals surface area contributed by atoms with Crippen molar-refractivity contribution in [1.29, 1.82) is 0 Å². The third-order valence-corrected chi connectivity index (χ3v) is 6.40. The molecule has 2 saturated heterocycles. The maximum absolute atomic E-state index is 13.5. The van der Waals surface area contributed by atoms with E-state index in [9.17, 15) is 34.5 Å². The number of Topliss-reactive ketones (excluding diaryl/α,β-unsaturated/α-hetero) is 1. The molecule has 2 fully saturated rings. The van der Waals surface area contributed by atoms with Crippen molar-refractivity contribution in [3.63, 3.8) is 0 Å². The average molecular weight is 454 g/mol. The second-order valence-electron chi connectivity index (χ2n) is 8.07. The lowest BCUT2D eigenvalue weighted by molar-refractivity contribution is -0.150. The number of rotatable bonds is 6. The number of methoxy groups -OCH3 is 1. The summed E-state index contributed by atoms with van der Waals surface area (Å²) < 4.78 is 5.12. The van der Waals surface area contributed by atoms with Gasteiger partial charge in [-0.15, -0.1) is 0 Å². The number of anilines is 1. The number of phenolic OH excluding ortho intramolecular Hbond substituents is 1. The number of ketones is 1. The zero-order chi connectivity index (χ0) is 24.1. The summed E-state index contributed by atoms with van der Waals surface area (Å²) in [7, 11) is 1.34. The summed E-state index contributed by atoms with van der Waals surface area (Å²) in [6, 6.07) is 9.24. The lowest BCUT2D eigenvalue weighted by atomic mass is 9.79.